The number of carbonyl (C=O) groups excluding carboxylic acids is 2. The standard InChI is InChI=1S/C27H24F3N5O4S.CH4O/c1-17-22(16-32)24(21-10-9-18(15-31)13-23(21)40(2,38)39)35(25(36)33-11-4-3-5-12-33)26(37)34(17)20-8-6-7-19(14-20)27(28,29)30;1-2/h6-10,13-14,24H,3-5,11-12H2,1-2H3;2H,1H3/t24-;/m1./s1. The van der Waals surface area contributed by atoms with Gasteiger partial charge in [-0.05, 0) is 62.1 Å². The van der Waals surface area contributed by atoms with Crippen LogP contribution in [-0.2, 0) is 16.0 Å². The maximum absolute atomic E-state index is 14.1. The molecular weight excluding hydrogens is 575 g/mol. The highest BCUT2D eigenvalue weighted by Gasteiger charge is 2.46. The Kier molecular flexibility index (Phi) is 9.66. The van der Waals surface area contributed by atoms with Gasteiger partial charge in [0.05, 0.1) is 39.4 Å². The van der Waals surface area contributed by atoms with Crippen molar-refractivity contribution in [1.82, 2.24) is 9.80 Å². The molecule has 2 aromatic rings. The van der Waals surface area contributed by atoms with Crippen molar-refractivity contribution >= 4 is 27.6 Å². The van der Waals surface area contributed by atoms with E-state index in [1.165, 1.54) is 30.0 Å². The minimum Gasteiger partial charge on any atom is -0.400 e. The van der Waals surface area contributed by atoms with Gasteiger partial charge in [-0.3, -0.25) is 4.90 Å². The number of anilines is 1. The van der Waals surface area contributed by atoms with Crippen molar-refractivity contribution in [2.24, 2.45) is 0 Å². The molecule has 1 atom stereocenters. The minimum atomic E-state index is -4.72. The van der Waals surface area contributed by atoms with Crippen LogP contribution >= 0.6 is 0 Å². The topological polar surface area (TPSA) is 146 Å². The van der Waals surface area contributed by atoms with Gasteiger partial charge in [-0.25, -0.2) is 22.9 Å². The molecule has 0 saturated carbocycles. The van der Waals surface area contributed by atoms with Crippen LogP contribution in [-0.4, -0.2) is 61.8 Å². The molecule has 1 saturated heterocycles. The number of alkyl halides is 3. The van der Waals surface area contributed by atoms with E-state index in [0.29, 0.717) is 25.9 Å². The molecule has 222 valence electrons. The fourth-order valence-electron chi connectivity index (χ4n) is 4.95. The average molecular weight is 604 g/mol. The molecule has 2 heterocycles. The van der Waals surface area contributed by atoms with E-state index in [-0.39, 0.29) is 33.0 Å². The second-order valence-electron chi connectivity index (χ2n) is 9.52. The molecule has 1 fully saturated rings. The first-order valence-electron chi connectivity index (χ1n) is 12.7. The summed E-state index contributed by atoms with van der Waals surface area (Å²) in [4.78, 5) is 30.6. The van der Waals surface area contributed by atoms with Crippen molar-refractivity contribution in [2.45, 2.75) is 43.3 Å². The Morgan fingerprint density at radius 1 is 1.02 bits per heavy atom. The van der Waals surface area contributed by atoms with Crippen LogP contribution in [0.1, 0.15) is 48.9 Å². The van der Waals surface area contributed by atoms with Crippen molar-refractivity contribution < 1.29 is 36.3 Å². The molecule has 4 rings (SSSR count). The van der Waals surface area contributed by atoms with Gasteiger partial charge >= 0.3 is 18.2 Å². The fraction of sp³-hybridized carbons (Fsp3) is 0.357. The first kappa shape index (κ1) is 32.1. The lowest BCUT2D eigenvalue weighted by Gasteiger charge is -2.43. The van der Waals surface area contributed by atoms with Gasteiger partial charge < -0.3 is 10.0 Å². The van der Waals surface area contributed by atoms with E-state index in [2.05, 4.69) is 0 Å². The molecule has 2 aliphatic heterocycles. The fourth-order valence-corrected chi connectivity index (χ4v) is 5.90. The van der Waals surface area contributed by atoms with E-state index in [4.69, 9.17) is 5.11 Å². The molecule has 1 N–H and O–H groups in total. The lowest BCUT2D eigenvalue weighted by atomic mass is 9.93. The van der Waals surface area contributed by atoms with Gasteiger partial charge in [0.15, 0.2) is 9.84 Å². The summed E-state index contributed by atoms with van der Waals surface area (Å²) in [6.07, 6.45) is -1.66. The van der Waals surface area contributed by atoms with Crippen LogP contribution in [0.2, 0.25) is 0 Å². The third kappa shape index (κ3) is 6.25. The van der Waals surface area contributed by atoms with Gasteiger partial charge in [0.1, 0.15) is 6.04 Å². The number of imide groups is 1. The number of piperidine rings is 1. The summed E-state index contributed by atoms with van der Waals surface area (Å²) in [5.74, 6) is 0. The first-order valence-corrected chi connectivity index (χ1v) is 14.6. The normalized spacial score (nSPS) is 17.7. The van der Waals surface area contributed by atoms with Crippen LogP contribution in [0.4, 0.5) is 28.4 Å². The first-order chi connectivity index (χ1) is 19.8. The van der Waals surface area contributed by atoms with Gasteiger partial charge in [0.2, 0.25) is 0 Å². The number of aliphatic hydroxyl groups is 1. The molecule has 0 unspecified atom stereocenters. The number of amides is 4. The van der Waals surface area contributed by atoms with Crippen LogP contribution < -0.4 is 4.90 Å². The Balaban J connectivity index is 0.00000237. The number of rotatable bonds is 3. The van der Waals surface area contributed by atoms with Crippen LogP contribution in [0, 0.1) is 22.7 Å². The van der Waals surface area contributed by atoms with E-state index in [9.17, 15) is 41.7 Å². The zero-order valence-corrected chi connectivity index (χ0v) is 23.8. The lowest BCUT2D eigenvalue weighted by molar-refractivity contribution is -0.137. The summed E-state index contributed by atoms with van der Waals surface area (Å²) in [6.45, 7) is 1.95. The van der Waals surface area contributed by atoms with Gasteiger partial charge in [0.25, 0.3) is 0 Å². The largest absolute Gasteiger partial charge is 0.416 e. The van der Waals surface area contributed by atoms with Crippen LogP contribution in [0.25, 0.3) is 0 Å². The highest BCUT2D eigenvalue weighted by atomic mass is 32.2. The number of allylic oxidation sites excluding steroid dienone is 1. The number of likely N-dealkylation sites (tertiary alicyclic amines) is 1. The Bertz CT molecular complexity index is 1600. The number of nitriles is 2. The second-order valence-corrected chi connectivity index (χ2v) is 11.5. The summed E-state index contributed by atoms with van der Waals surface area (Å²) in [6, 6.07) is 8.05. The highest BCUT2D eigenvalue weighted by molar-refractivity contribution is 7.90. The van der Waals surface area contributed by atoms with Gasteiger partial charge in [-0.1, -0.05) is 12.1 Å². The van der Waals surface area contributed by atoms with Crippen LogP contribution in [0.15, 0.2) is 58.6 Å². The van der Waals surface area contributed by atoms with Crippen LogP contribution in [0.5, 0.6) is 0 Å². The van der Waals surface area contributed by atoms with Crippen molar-refractivity contribution in [2.75, 3.05) is 31.4 Å². The van der Waals surface area contributed by atoms with Crippen molar-refractivity contribution in [1.29, 1.82) is 10.5 Å². The molecule has 0 aliphatic carbocycles. The number of halogens is 3. The molecule has 0 radical (unpaired) electrons. The molecule has 14 heteroatoms. The van der Waals surface area contributed by atoms with Gasteiger partial charge in [-0.15, -0.1) is 0 Å². The van der Waals surface area contributed by atoms with E-state index < -0.39 is 39.7 Å². The van der Waals surface area contributed by atoms with Gasteiger partial charge in [-0.2, -0.15) is 23.7 Å². The molecule has 4 amide bonds. The lowest BCUT2D eigenvalue weighted by Crippen LogP contribution is -2.56. The Labute approximate surface area is 241 Å². The monoisotopic (exact) mass is 603 g/mol. The zero-order chi connectivity index (χ0) is 31.4. The molecule has 0 aromatic heterocycles. The van der Waals surface area contributed by atoms with Crippen LogP contribution in [0.3, 0.4) is 0 Å². The molecular formula is C28H28F3N5O5S. The number of sulfone groups is 1. The summed E-state index contributed by atoms with van der Waals surface area (Å²) < 4.78 is 66.1. The Morgan fingerprint density at radius 2 is 1.67 bits per heavy atom. The molecule has 42 heavy (non-hydrogen) atoms. The van der Waals surface area contributed by atoms with E-state index >= 15 is 0 Å². The van der Waals surface area contributed by atoms with Crippen molar-refractivity contribution in [3.05, 3.63) is 70.4 Å². The molecule has 10 nitrogen and oxygen atoms in total. The highest BCUT2D eigenvalue weighted by Crippen LogP contribution is 2.43. The predicted molar refractivity (Wildman–Crippen MR) is 145 cm³/mol. The van der Waals surface area contributed by atoms with Crippen molar-refractivity contribution in [3.63, 3.8) is 0 Å². The maximum atomic E-state index is 14.1. The maximum Gasteiger partial charge on any atom is 0.416 e. The van der Waals surface area contributed by atoms with E-state index in [1.807, 2.05) is 12.1 Å². The molecule has 2 aromatic carbocycles. The smallest absolute Gasteiger partial charge is 0.400 e. The predicted octanol–water partition coefficient (Wildman–Crippen LogP) is 4.98. The van der Waals surface area contributed by atoms with E-state index in [1.54, 1.807) is 0 Å². The number of carbonyl (C=O) groups is 2. The number of benzene rings is 2. The number of aliphatic hydroxyl groups excluding tert-OH is 1. The average Bonchev–Trinajstić information content (AvgIpc) is 2.97. The number of urea groups is 2. The Morgan fingerprint density at radius 3 is 2.21 bits per heavy atom. The molecule has 0 spiro atoms. The van der Waals surface area contributed by atoms with Gasteiger partial charge in [0, 0.05) is 32.2 Å². The molecule has 0 bridgehead atoms. The third-order valence-corrected chi connectivity index (χ3v) is 8.03. The van der Waals surface area contributed by atoms with Crippen molar-refractivity contribution in [3.8, 4) is 12.1 Å². The number of hydrogen-bond acceptors (Lipinski definition) is 7. The third-order valence-electron chi connectivity index (χ3n) is 6.88. The van der Waals surface area contributed by atoms with E-state index in [0.717, 1.165) is 53.9 Å². The minimum absolute atomic E-state index is 0.00465. The summed E-state index contributed by atoms with van der Waals surface area (Å²) in [5, 5.41) is 26.6. The second kappa shape index (κ2) is 12.6. The summed E-state index contributed by atoms with van der Waals surface area (Å²) in [7, 11) is -3.03. The summed E-state index contributed by atoms with van der Waals surface area (Å²) in [5.41, 5.74) is -1.61. The Hall–Kier alpha value is -4.40. The molecule has 2 aliphatic rings. The zero-order valence-electron chi connectivity index (χ0n) is 23.0. The number of hydrogen-bond donors (Lipinski definition) is 1. The quantitative estimate of drug-likeness (QED) is 0.521. The SMILES string of the molecule is CC1=C(C#N)[C@@H](c2ccc(C#N)cc2S(C)(=O)=O)N(C(=O)N2CCCCC2)C(=O)N1c1cccc(C(F)(F)F)c1.CO. The summed E-state index contributed by atoms with van der Waals surface area (Å²) >= 11 is 0. The number of nitrogens with zero attached hydrogens (tertiary/aromatic N) is 5.